The van der Waals surface area contributed by atoms with Crippen molar-refractivity contribution in [3.05, 3.63) is 29.3 Å². The van der Waals surface area contributed by atoms with E-state index in [1.807, 2.05) is 12.1 Å². The average Bonchev–Trinajstić information content (AvgIpc) is 2.74. The SMILES string of the molecule is CC12CC(O)C3c4ccc(O)cc4CCC3C1CCC2O. The molecule has 0 spiro atoms. The lowest BCUT2D eigenvalue weighted by molar-refractivity contribution is -0.0798. The maximum Gasteiger partial charge on any atom is 0.115 e. The van der Waals surface area contributed by atoms with Crippen molar-refractivity contribution >= 4 is 0 Å². The van der Waals surface area contributed by atoms with Gasteiger partial charge in [-0.25, -0.2) is 0 Å². The Morgan fingerprint density at radius 1 is 1.14 bits per heavy atom. The zero-order chi connectivity index (χ0) is 14.8. The molecular formula is C18H24O3. The molecule has 21 heavy (non-hydrogen) atoms. The zero-order valence-electron chi connectivity index (χ0n) is 12.5. The van der Waals surface area contributed by atoms with Crippen LogP contribution in [0.4, 0.5) is 0 Å². The van der Waals surface area contributed by atoms with E-state index in [0.29, 0.717) is 24.0 Å². The van der Waals surface area contributed by atoms with Crippen molar-refractivity contribution in [1.82, 2.24) is 0 Å². The summed E-state index contributed by atoms with van der Waals surface area (Å²) in [5.74, 6) is 1.48. The Balaban J connectivity index is 1.76. The minimum Gasteiger partial charge on any atom is -0.508 e. The Hall–Kier alpha value is -1.06. The number of aliphatic hydroxyl groups excluding tert-OH is 2. The summed E-state index contributed by atoms with van der Waals surface area (Å²) in [5.41, 5.74) is 2.30. The molecule has 0 heterocycles. The van der Waals surface area contributed by atoms with Crippen molar-refractivity contribution < 1.29 is 15.3 Å². The van der Waals surface area contributed by atoms with Crippen molar-refractivity contribution in [3.8, 4) is 5.75 Å². The smallest absolute Gasteiger partial charge is 0.115 e. The molecular weight excluding hydrogens is 264 g/mol. The van der Waals surface area contributed by atoms with Crippen molar-refractivity contribution in [2.24, 2.45) is 17.3 Å². The first kappa shape index (κ1) is 13.6. The highest BCUT2D eigenvalue weighted by Gasteiger charge is 2.57. The highest BCUT2D eigenvalue weighted by Crippen LogP contribution is 2.60. The van der Waals surface area contributed by atoms with E-state index in [-0.39, 0.29) is 23.5 Å². The molecule has 3 nitrogen and oxygen atoms in total. The normalized spacial score (nSPS) is 44.8. The molecule has 0 amide bonds. The number of phenolic OH excluding ortho intramolecular Hbond substituents is 1. The second-order valence-electron chi connectivity index (χ2n) is 7.59. The number of fused-ring (bicyclic) bond motifs is 5. The molecule has 6 unspecified atom stereocenters. The van der Waals surface area contributed by atoms with Gasteiger partial charge >= 0.3 is 0 Å². The van der Waals surface area contributed by atoms with Gasteiger partial charge in [0.2, 0.25) is 0 Å². The summed E-state index contributed by atoms with van der Waals surface area (Å²) in [6.45, 7) is 2.17. The van der Waals surface area contributed by atoms with E-state index in [0.717, 1.165) is 25.7 Å². The molecule has 3 aliphatic carbocycles. The fourth-order valence-corrected chi connectivity index (χ4v) is 5.62. The summed E-state index contributed by atoms with van der Waals surface area (Å²) in [6.07, 6.45) is 4.04. The van der Waals surface area contributed by atoms with E-state index in [9.17, 15) is 15.3 Å². The molecule has 0 aliphatic heterocycles. The minimum atomic E-state index is -0.382. The molecule has 2 saturated carbocycles. The number of aryl methyl sites for hydroxylation is 1. The van der Waals surface area contributed by atoms with Crippen LogP contribution in [0, 0.1) is 17.3 Å². The van der Waals surface area contributed by atoms with Crippen molar-refractivity contribution in [2.75, 3.05) is 0 Å². The fourth-order valence-electron chi connectivity index (χ4n) is 5.62. The Bertz CT molecular complexity index is 570. The molecule has 3 N–H and O–H groups in total. The number of aliphatic hydroxyl groups is 2. The fraction of sp³-hybridized carbons (Fsp3) is 0.667. The molecule has 0 aromatic heterocycles. The lowest BCUT2D eigenvalue weighted by atomic mass is 9.54. The largest absolute Gasteiger partial charge is 0.508 e. The van der Waals surface area contributed by atoms with Crippen LogP contribution in [-0.2, 0) is 6.42 Å². The number of benzene rings is 1. The van der Waals surface area contributed by atoms with Gasteiger partial charge < -0.3 is 15.3 Å². The van der Waals surface area contributed by atoms with E-state index < -0.39 is 0 Å². The molecule has 1 aromatic rings. The highest BCUT2D eigenvalue weighted by atomic mass is 16.3. The quantitative estimate of drug-likeness (QED) is 0.687. The van der Waals surface area contributed by atoms with Gasteiger partial charge in [0.15, 0.2) is 0 Å². The summed E-state index contributed by atoms with van der Waals surface area (Å²) >= 11 is 0. The van der Waals surface area contributed by atoms with Gasteiger partial charge in [0.25, 0.3) is 0 Å². The van der Waals surface area contributed by atoms with E-state index in [1.165, 1.54) is 11.1 Å². The van der Waals surface area contributed by atoms with Crippen LogP contribution in [0.2, 0.25) is 0 Å². The number of rotatable bonds is 0. The maximum atomic E-state index is 10.8. The first-order valence-electron chi connectivity index (χ1n) is 8.18. The van der Waals surface area contributed by atoms with Crippen molar-refractivity contribution in [2.45, 2.75) is 57.2 Å². The van der Waals surface area contributed by atoms with Crippen LogP contribution >= 0.6 is 0 Å². The standard InChI is InChI=1S/C18H24O3/c1-18-9-15(20)17-12-5-3-11(19)8-10(12)2-4-13(17)14(18)6-7-16(18)21/h3,5,8,13-17,19-21H,2,4,6-7,9H2,1H3. The minimum absolute atomic E-state index is 0.116. The van der Waals surface area contributed by atoms with Gasteiger partial charge in [0.05, 0.1) is 12.2 Å². The third-order valence-electron chi connectivity index (χ3n) is 6.63. The van der Waals surface area contributed by atoms with Crippen molar-refractivity contribution in [1.29, 1.82) is 0 Å². The summed E-state index contributed by atoms with van der Waals surface area (Å²) in [6, 6.07) is 5.60. The third-order valence-corrected chi connectivity index (χ3v) is 6.63. The first-order chi connectivity index (χ1) is 10.0. The number of hydrogen-bond donors (Lipinski definition) is 3. The van der Waals surface area contributed by atoms with E-state index in [2.05, 4.69) is 6.92 Å². The van der Waals surface area contributed by atoms with Gasteiger partial charge in [-0.1, -0.05) is 13.0 Å². The Labute approximate surface area is 125 Å². The summed E-state index contributed by atoms with van der Waals surface area (Å²) < 4.78 is 0. The second-order valence-corrected chi connectivity index (χ2v) is 7.59. The third kappa shape index (κ3) is 1.80. The van der Waals surface area contributed by atoms with Gasteiger partial charge in [-0.3, -0.25) is 0 Å². The first-order valence-corrected chi connectivity index (χ1v) is 8.18. The van der Waals surface area contributed by atoms with Crippen LogP contribution in [0.15, 0.2) is 18.2 Å². The summed E-state index contributed by atoms with van der Waals surface area (Å²) in [4.78, 5) is 0. The predicted molar refractivity (Wildman–Crippen MR) is 80.1 cm³/mol. The number of aromatic hydroxyl groups is 1. The van der Waals surface area contributed by atoms with Gasteiger partial charge in [0, 0.05) is 5.92 Å². The van der Waals surface area contributed by atoms with Gasteiger partial charge in [-0.05, 0) is 72.6 Å². The van der Waals surface area contributed by atoms with E-state index >= 15 is 0 Å². The van der Waals surface area contributed by atoms with E-state index in [1.54, 1.807) is 6.07 Å². The second kappa shape index (κ2) is 4.47. The Morgan fingerprint density at radius 2 is 1.95 bits per heavy atom. The molecule has 114 valence electrons. The lowest BCUT2D eigenvalue weighted by Gasteiger charge is -2.52. The molecule has 0 saturated heterocycles. The lowest BCUT2D eigenvalue weighted by Crippen LogP contribution is -2.50. The highest BCUT2D eigenvalue weighted by molar-refractivity contribution is 5.40. The maximum absolute atomic E-state index is 10.8. The van der Waals surface area contributed by atoms with Crippen LogP contribution in [0.3, 0.4) is 0 Å². The van der Waals surface area contributed by atoms with Crippen LogP contribution in [-0.4, -0.2) is 27.5 Å². The predicted octanol–water partition coefficient (Wildman–Crippen LogP) is 2.58. The number of phenols is 1. The van der Waals surface area contributed by atoms with Crippen molar-refractivity contribution in [3.63, 3.8) is 0 Å². The van der Waals surface area contributed by atoms with Crippen LogP contribution in [0.25, 0.3) is 0 Å². The van der Waals surface area contributed by atoms with Crippen LogP contribution in [0.5, 0.6) is 5.75 Å². The summed E-state index contributed by atoms with van der Waals surface area (Å²) in [7, 11) is 0. The molecule has 3 heteroatoms. The van der Waals surface area contributed by atoms with Crippen LogP contribution < -0.4 is 0 Å². The molecule has 1 aromatic carbocycles. The van der Waals surface area contributed by atoms with Gasteiger partial charge in [-0.15, -0.1) is 0 Å². The molecule has 2 fully saturated rings. The monoisotopic (exact) mass is 288 g/mol. The molecule has 0 bridgehead atoms. The average molecular weight is 288 g/mol. The Kier molecular flexibility index (Phi) is 2.89. The molecule has 4 rings (SSSR count). The van der Waals surface area contributed by atoms with Gasteiger partial charge in [-0.2, -0.15) is 0 Å². The summed E-state index contributed by atoms with van der Waals surface area (Å²) in [5, 5.41) is 30.8. The molecule has 6 atom stereocenters. The topological polar surface area (TPSA) is 60.7 Å². The Morgan fingerprint density at radius 3 is 2.76 bits per heavy atom. The molecule has 3 aliphatic rings. The number of hydrogen-bond acceptors (Lipinski definition) is 3. The zero-order valence-corrected chi connectivity index (χ0v) is 12.5. The van der Waals surface area contributed by atoms with Crippen LogP contribution in [0.1, 0.15) is 49.7 Å². The molecule has 0 radical (unpaired) electrons. The van der Waals surface area contributed by atoms with E-state index in [4.69, 9.17) is 0 Å². The van der Waals surface area contributed by atoms with Gasteiger partial charge in [0.1, 0.15) is 5.75 Å².